The number of rotatable bonds is 3. The lowest BCUT2D eigenvalue weighted by Crippen LogP contribution is -2.02. The lowest BCUT2D eigenvalue weighted by Gasteiger charge is -2.11. The zero-order valence-corrected chi connectivity index (χ0v) is 11.5. The van der Waals surface area contributed by atoms with Gasteiger partial charge in [0.2, 0.25) is 0 Å². The Balaban J connectivity index is 1.96. The van der Waals surface area contributed by atoms with Crippen molar-refractivity contribution in [2.45, 2.75) is 32.1 Å². The molecule has 0 amide bonds. The van der Waals surface area contributed by atoms with Gasteiger partial charge in [0.25, 0.3) is 0 Å². The van der Waals surface area contributed by atoms with Crippen molar-refractivity contribution in [3.8, 4) is 11.1 Å². The van der Waals surface area contributed by atoms with Crippen LogP contribution in [0, 0.1) is 6.92 Å². The van der Waals surface area contributed by atoms with Gasteiger partial charge in [-0.1, -0.05) is 18.2 Å². The number of aromatic nitrogens is 1. The van der Waals surface area contributed by atoms with Crippen LogP contribution in [0.1, 0.15) is 35.4 Å². The van der Waals surface area contributed by atoms with Gasteiger partial charge in [-0.3, -0.25) is 9.78 Å². The highest BCUT2D eigenvalue weighted by Gasteiger charge is 2.24. The fraction of sp³-hybridized carbons (Fsp3) is 0.294. The minimum absolute atomic E-state index is 0.173. The van der Waals surface area contributed by atoms with Crippen LogP contribution < -0.4 is 0 Å². The van der Waals surface area contributed by atoms with Crippen molar-refractivity contribution in [3.63, 3.8) is 0 Å². The first kappa shape index (κ1) is 12.9. The van der Waals surface area contributed by atoms with E-state index in [1.54, 1.807) is 6.20 Å². The molecule has 0 saturated carbocycles. The van der Waals surface area contributed by atoms with Crippen molar-refractivity contribution in [2.75, 3.05) is 0 Å². The van der Waals surface area contributed by atoms with Gasteiger partial charge in [0, 0.05) is 18.0 Å². The molecule has 0 bridgehead atoms. The van der Waals surface area contributed by atoms with Crippen LogP contribution >= 0.6 is 0 Å². The number of aryl methyl sites for hydroxylation is 2. The Hall–Kier alpha value is -2.16. The maximum atomic E-state index is 10.9. The number of pyridine rings is 1. The van der Waals surface area contributed by atoms with Crippen molar-refractivity contribution >= 4 is 5.97 Å². The molecule has 0 saturated heterocycles. The molecular weight excluding hydrogens is 250 g/mol. The van der Waals surface area contributed by atoms with Crippen molar-refractivity contribution in [3.05, 3.63) is 53.3 Å². The van der Waals surface area contributed by atoms with Gasteiger partial charge in [0.1, 0.15) is 0 Å². The van der Waals surface area contributed by atoms with E-state index in [4.69, 9.17) is 5.11 Å². The molecule has 0 radical (unpaired) electrons. The zero-order chi connectivity index (χ0) is 14.1. The Morgan fingerprint density at radius 1 is 1.40 bits per heavy atom. The van der Waals surface area contributed by atoms with E-state index in [0.717, 1.165) is 18.4 Å². The molecule has 102 valence electrons. The Morgan fingerprint density at radius 2 is 2.25 bits per heavy atom. The molecule has 1 aliphatic rings. The second-order valence-electron chi connectivity index (χ2n) is 5.44. The summed E-state index contributed by atoms with van der Waals surface area (Å²) in [6.07, 6.45) is 5.84. The van der Waals surface area contributed by atoms with Gasteiger partial charge >= 0.3 is 5.97 Å². The summed E-state index contributed by atoms with van der Waals surface area (Å²) in [5, 5.41) is 8.96. The van der Waals surface area contributed by atoms with Crippen LogP contribution in [0.3, 0.4) is 0 Å². The maximum Gasteiger partial charge on any atom is 0.303 e. The van der Waals surface area contributed by atoms with Crippen molar-refractivity contribution in [1.29, 1.82) is 0 Å². The van der Waals surface area contributed by atoms with Crippen molar-refractivity contribution < 1.29 is 9.90 Å². The molecule has 1 atom stereocenters. The van der Waals surface area contributed by atoms with Crippen LogP contribution in [0.2, 0.25) is 0 Å². The van der Waals surface area contributed by atoms with Crippen LogP contribution in [-0.4, -0.2) is 16.1 Å². The summed E-state index contributed by atoms with van der Waals surface area (Å²) in [5.41, 5.74) is 6.03. The first-order valence-corrected chi connectivity index (χ1v) is 6.91. The van der Waals surface area contributed by atoms with Crippen LogP contribution in [0.4, 0.5) is 0 Å². The fourth-order valence-electron chi connectivity index (χ4n) is 3.06. The molecule has 0 aliphatic heterocycles. The summed E-state index contributed by atoms with van der Waals surface area (Å²) >= 11 is 0. The number of aliphatic carboxylic acids is 1. The van der Waals surface area contributed by atoms with Gasteiger partial charge in [-0.25, -0.2) is 0 Å². The first-order chi connectivity index (χ1) is 9.65. The number of benzene rings is 1. The molecule has 3 nitrogen and oxygen atoms in total. The molecule has 1 N–H and O–H groups in total. The molecule has 1 aliphatic carbocycles. The first-order valence-electron chi connectivity index (χ1n) is 6.91. The van der Waals surface area contributed by atoms with E-state index in [1.165, 1.54) is 22.3 Å². The number of hydrogen-bond acceptors (Lipinski definition) is 2. The van der Waals surface area contributed by atoms with E-state index >= 15 is 0 Å². The molecule has 20 heavy (non-hydrogen) atoms. The molecule has 1 unspecified atom stereocenters. The smallest absolute Gasteiger partial charge is 0.303 e. The molecule has 1 aromatic carbocycles. The Morgan fingerprint density at radius 3 is 3.00 bits per heavy atom. The summed E-state index contributed by atoms with van der Waals surface area (Å²) in [4.78, 5) is 15.1. The highest BCUT2D eigenvalue weighted by atomic mass is 16.4. The van der Waals surface area contributed by atoms with Crippen LogP contribution in [0.15, 0.2) is 36.7 Å². The standard InChI is InChI=1S/C17H17NO2/c1-11-6-7-18-10-16(11)13-4-5-15-12(8-13)2-3-14(15)9-17(19)20/h4-8,10,14H,2-3,9H2,1H3,(H,19,20). The lowest BCUT2D eigenvalue weighted by atomic mass is 9.94. The normalized spacial score (nSPS) is 16.9. The Labute approximate surface area is 118 Å². The minimum atomic E-state index is -0.713. The highest BCUT2D eigenvalue weighted by molar-refractivity contribution is 5.70. The number of carbonyl (C=O) groups is 1. The highest BCUT2D eigenvalue weighted by Crippen LogP contribution is 2.37. The molecular formula is C17H17NO2. The Kier molecular flexibility index (Phi) is 3.26. The molecule has 3 heteroatoms. The predicted octanol–water partition coefficient (Wildman–Crippen LogP) is 3.56. The summed E-state index contributed by atoms with van der Waals surface area (Å²) in [7, 11) is 0. The van der Waals surface area contributed by atoms with Gasteiger partial charge in [0.15, 0.2) is 0 Å². The molecule has 1 heterocycles. The average Bonchev–Trinajstić information content (AvgIpc) is 2.81. The van der Waals surface area contributed by atoms with E-state index in [9.17, 15) is 4.79 Å². The molecule has 3 rings (SSSR count). The van der Waals surface area contributed by atoms with Gasteiger partial charge in [-0.2, -0.15) is 0 Å². The summed E-state index contributed by atoms with van der Waals surface area (Å²) in [6, 6.07) is 8.39. The van der Waals surface area contributed by atoms with Crippen molar-refractivity contribution in [1.82, 2.24) is 4.98 Å². The maximum absolute atomic E-state index is 10.9. The predicted molar refractivity (Wildman–Crippen MR) is 77.7 cm³/mol. The second-order valence-corrected chi connectivity index (χ2v) is 5.44. The van der Waals surface area contributed by atoms with E-state index in [1.807, 2.05) is 12.3 Å². The quantitative estimate of drug-likeness (QED) is 0.925. The number of hydrogen-bond donors (Lipinski definition) is 1. The lowest BCUT2D eigenvalue weighted by molar-refractivity contribution is -0.137. The third-order valence-corrected chi connectivity index (χ3v) is 4.12. The van der Waals surface area contributed by atoms with E-state index in [2.05, 4.69) is 30.1 Å². The summed E-state index contributed by atoms with van der Waals surface area (Å²) in [5.74, 6) is -0.540. The van der Waals surface area contributed by atoms with Gasteiger partial charge in [-0.05, 0) is 54.0 Å². The third kappa shape index (κ3) is 2.31. The monoisotopic (exact) mass is 267 g/mol. The summed E-state index contributed by atoms with van der Waals surface area (Å²) in [6.45, 7) is 2.08. The molecule has 0 fully saturated rings. The van der Waals surface area contributed by atoms with Gasteiger partial charge < -0.3 is 5.11 Å². The van der Waals surface area contributed by atoms with E-state index < -0.39 is 5.97 Å². The van der Waals surface area contributed by atoms with E-state index in [-0.39, 0.29) is 12.3 Å². The number of carboxylic acids is 1. The average molecular weight is 267 g/mol. The minimum Gasteiger partial charge on any atom is -0.481 e. The van der Waals surface area contributed by atoms with Crippen LogP contribution in [0.5, 0.6) is 0 Å². The van der Waals surface area contributed by atoms with Crippen LogP contribution in [0.25, 0.3) is 11.1 Å². The SMILES string of the molecule is Cc1ccncc1-c1ccc2c(c1)CCC2CC(=O)O. The van der Waals surface area contributed by atoms with Gasteiger partial charge in [-0.15, -0.1) is 0 Å². The second kappa shape index (κ2) is 5.08. The topological polar surface area (TPSA) is 50.2 Å². The molecule has 1 aromatic heterocycles. The van der Waals surface area contributed by atoms with E-state index in [0.29, 0.717) is 0 Å². The van der Waals surface area contributed by atoms with Crippen LogP contribution in [-0.2, 0) is 11.2 Å². The third-order valence-electron chi connectivity index (χ3n) is 4.12. The fourth-order valence-corrected chi connectivity index (χ4v) is 3.06. The largest absolute Gasteiger partial charge is 0.481 e. The summed E-state index contributed by atoms with van der Waals surface area (Å²) < 4.78 is 0. The number of fused-ring (bicyclic) bond motifs is 1. The van der Waals surface area contributed by atoms with Gasteiger partial charge in [0.05, 0.1) is 6.42 Å². The number of carboxylic acid groups (broad SMARTS) is 1. The number of nitrogens with zero attached hydrogens (tertiary/aromatic N) is 1. The molecule has 0 spiro atoms. The Bertz CT molecular complexity index is 664. The zero-order valence-electron chi connectivity index (χ0n) is 11.5. The molecule has 2 aromatic rings. The van der Waals surface area contributed by atoms with Crippen molar-refractivity contribution in [2.24, 2.45) is 0 Å².